The summed E-state index contributed by atoms with van der Waals surface area (Å²) < 4.78 is 0. The topological polar surface area (TPSA) is 144 Å². The van der Waals surface area contributed by atoms with Gasteiger partial charge in [-0.05, 0) is 12.1 Å². The van der Waals surface area contributed by atoms with Gasteiger partial charge < -0.3 is 31.4 Å². The van der Waals surface area contributed by atoms with Gasteiger partial charge in [-0.3, -0.25) is 4.79 Å². The Balaban J connectivity index is 2.50. The van der Waals surface area contributed by atoms with E-state index in [1.165, 1.54) is 18.5 Å². The lowest BCUT2D eigenvalue weighted by Crippen LogP contribution is -2.49. The largest absolute Gasteiger partial charge is 0.397 e. The van der Waals surface area contributed by atoms with Crippen molar-refractivity contribution in [1.82, 2.24) is 9.97 Å². The number of hydrogen-bond acceptors (Lipinski definition) is 7. The average molecular weight is 280 g/mol. The minimum absolute atomic E-state index is 0.246. The quantitative estimate of drug-likeness (QED) is 0.371. The lowest BCUT2D eigenvalue weighted by atomic mass is 10.0. The minimum Gasteiger partial charge on any atom is -0.397 e. The van der Waals surface area contributed by atoms with E-state index in [0.29, 0.717) is 16.6 Å². The number of nitrogens with one attached hydrogen (secondary N) is 2. The van der Waals surface area contributed by atoms with E-state index in [0.717, 1.165) is 0 Å². The summed E-state index contributed by atoms with van der Waals surface area (Å²) in [4.78, 5) is 18.1. The van der Waals surface area contributed by atoms with E-state index in [-0.39, 0.29) is 11.2 Å². The molecule has 0 fully saturated rings. The molecular formula is C12H16N4O4. The van der Waals surface area contributed by atoms with Crippen LogP contribution < -0.4 is 16.6 Å². The number of nitrogens with zero attached hydrogens (tertiary/aromatic N) is 1. The Hall–Kier alpha value is -2.16. The molecule has 0 aliphatic heterocycles. The summed E-state index contributed by atoms with van der Waals surface area (Å²) in [6.45, 7) is -1.46. The highest BCUT2D eigenvalue weighted by Crippen LogP contribution is 2.25. The first-order valence-corrected chi connectivity index (χ1v) is 5.93. The van der Waals surface area contributed by atoms with Crippen LogP contribution in [0.5, 0.6) is 0 Å². The standard InChI is InChI=1S/C12H16N4O4/c13-8-1-7-9(14-6-15-11(7)20)2-10(8)16-12(3-17,4-18)5-19/h1-2,6,16-19H,3-5,13H2,(H,14,15,20). The first-order valence-electron chi connectivity index (χ1n) is 5.93. The van der Waals surface area contributed by atoms with Crippen LogP contribution in [0.4, 0.5) is 11.4 Å². The summed E-state index contributed by atoms with van der Waals surface area (Å²) in [5.41, 5.74) is 5.25. The van der Waals surface area contributed by atoms with Crippen molar-refractivity contribution in [3.63, 3.8) is 0 Å². The van der Waals surface area contributed by atoms with E-state index in [1.807, 2.05) is 0 Å². The van der Waals surface area contributed by atoms with Gasteiger partial charge in [-0.25, -0.2) is 4.98 Å². The van der Waals surface area contributed by atoms with Crippen molar-refractivity contribution in [2.24, 2.45) is 0 Å². The van der Waals surface area contributed by atoms with E-state index in [4.69, 9.17) is 5.73 Å². The number of nitrogens with two attached hydrogens (primary N) is 1. The Morgan fingerprint density at radius 2 is 1.90 bits per heavy atom. The van der Waals surface area contributed by atoms with Crippen LogP contribution in [-0.4, -0.2) is 50.6 Å². The summed E-state index contributed by atoms with van der Waals surface area (Å²) in [7, 11) is 0. The van der Waals surface area contributed by atoms with Crippen molar-refractivity contribution in [3.8, 4) is 0 Å². The number of fused-ring (bicyclic) bond motifs is 1. The summed E-state index contributed by atoms with van der Waals surface area (Å²) in [6, 6.07) is 2.97. The van der Waals surface area contributed by atoms with Gasteiger partial charge in [0, 0.05) is 0 Å². The number of aliphatic hydroxyl groups is 3. The lowest BCUT2D eigenvalue weighted by Gasteiger charge is -2.30. The molecule has 2 rings (SSSR count). The van der Waals surface area contributed by atoms with Gasteiger partial charge in [0.1, 0.15) is 5.54 Å². The number of aromatic amines is 1. The van der Waals surface area contributed by atoms with Gasteiger partial charge in [0.2, 0.25) is 0 Å². The number of hydrogen-bond donors (Lipinski definition) is 6. The molecule has 8 nitrogen and oxygen atoms in total. The average Bonchev–Trinajstić information content (AvgIpc) is 2.47. The number of anilines is 2. The van der Waals surface area contributed by atoms with E-state index >= 15 is 0 Å². The first kappa shape index (κ1) is 14.3. The molecule has 1 aromatic carbocycles. The molecule has 1 heterocycles. The van der Waals surface area contributed by atoms with Crippen molar-refractivity contribution >= 4 is 22.3 Å². The van der Waals surface area contributed by atoms with Gasteiger partial charge in [0.25, 0.3) is 5.56 Å². The Morgan fingerprint density at radius 1 is 1.25 bits per heavy atom. The maximum Gasteiger partial charge on any atom is 0.258 e. The zero-order valence-electron chi connectivity index (χ0n) is 10.6. The molecule has 0 spiro atoms. The van der Waals surface area contributed by atoms with Crippen LogP contribution in [0, 0.1) is 0 Å². The van der Waals surface area contributed by atoms with Crippen molar-refractivity contribution in [3.05, 3.63) is 28.8 Å². The van der Waals surface area contributed by atoms with Crippen LogP contribution in [0.3, 0.4) is 0 Å². The highest BCUT2D eigenvalue weighted by atomic mass is 16.3. The Kier molecular flexibility index (Phi) is 3.89. The number of nitrogen functional groups attached to an aromatic ring is 1. The second kappa shape index (κ2) is 5.45. The minimum atomic E-state index is -1.30. The lowest BCUT2D eigenvalue weighted by molar-refractivity contribution is 0.0834. The molecule has 0 bridgehead atoms. The Morgan fingerprint density at radius 3 is 2.50 bits per heavy atom. The Labute approximate surface area is 113 Å². The molecule has 0 saturated heterocycles. The third-order valence-electron chi connectivity index (χ3n) is 3.12. The molecule has 0 radical (unpaired) electrons. The van der Waals surface area contributed by atoms with Gasteiger partial charge in [-0.1, -0.05) is 0 Å². The van der Waals surface area contributed by atoms with E-state index in [2.05, 4.69) is 15.3 Å². The van der Waals surface area contributed by atoms with Crippen LogP contribution in [0.2, 0.25) is 0 Å². The van der Waals surface area contributed by atoms with E-state index < -0.39 is 25.4 Å². The second-order valence-corrected chi connectivity index (χ2v) is 4.57. The van der Waals surface area contributed by atoms with Gasteiger partial charge in [-0.2, -0.15) is 0 Å². The number of H-pyrrole nitrogens is 1. The molecule has 0 saturated carbocycles. The molecule has 0 aliphatic carbocycles. The van der Waals surface area contributed by atoms with Gasteiger partial charge in [0.05, 0.1) is 48.4 Å². The van der Waals surface area contributed by atoms with Crippen LogP contribution in [0.25, 0.3) is 10.9 Å². The normalized spacial score (nSPS) is 11.8. The van der Waals surface area contributed by atoms with Crippen molar-refractivity contribution < 1.29 is 15.3 Å². The molecule has 7 N–H and O–H groups in total. The first-order chi connectivity index (χ1) is 9.55. The summed E-state index contributed by atoms with van der Waals surface area (Å²) in [6.07, 6.45) is 1.27. The fraction of sp³-hybridized carbons (Fsp3) is 0.333. The van der Waals surface area contributed by atoms with Crippen molar-refractivity contribution in [2.45, 2.75) is 5.54 Å². The second-order valence-electron chi connectivity index (χ2n) is 4.57. The molecule has 8 heteroatoms. The molecular weight excluding hydrogens is 264 g/mol. The summed E-state index contributed by atoms with van der Waals surface area (Å²) in [5.74, 6) is 0. The van der Waals surface area contributed by atoms with Gasteiger partial charge in [0.15, 0.2) is 0 Å². The number of benzene rings is 1. The third-order valence-corrected chi connectivity index (χ3v) is 3.12. The predicted molar refractivity (Wildman–Crippen MR) is 74.4 cm³/mol. The van der Waals surface area contributed by atoms with Crippen LogP contribution >= 0.6 is 0 Å². The van der Waals surface area contributed by atoms with Crippen LogP contribution in [0.15, 0.2) is 23.3 Å². The van der Waals surface area contributed by atoms with E-state index in [1.54, 1.807) is 0 Å². The fourth-order valence-corrected chi connectivity index (χ4v) is 1.79. The zero-order valence-corrected chi connectivity index (χ0v) is 10.6. The highest BCUT2D eigenvalue weighted by Gasteiger charge is 2.28. The highest BCUT2D eigenvalue weighted by molar-refractivity contribution is 5.88. The molecule has 1 aromatic heterocycles. The Bertz CT molecular complexity index is 658. The van der Waals surface area contributed by atoms with Crippen molar-refractivity contribution in [2.75, 3.05) is 30.9 Å². The maximum absolute atomic E-state index is 11.6. The van der Waals surface area contributed by atoms with E-state index in [9.17, 15) is 20.1 Å². The predicted octanol–water partition coefficient (Wildman–Crippen LogP) is -1.37. The van der Waals surface area contributed by atoms with Crippen molar-refractivity contribution in [1.29, 1.82) is 0 Å². The molecule has 0 aliphatic rings. The molecule has 108 valence electrons. The third kappa shape index (κ3) is 2.44. The molecule has 0 unspecified atom stereocenters. The smallest absolute Gasteiger partial charge is 0.258 e. The van der Waals surface area contributed by atoms with Gasteiger partial charge in [-0.15, -0.1) is 0 Å². The monoisotopic (exact) mass is 280 g/mol. The number of aromatic nitrogens is 2. The number of rotatable bonds is 5. The fourth-order valence-electron chi connectivity index (χ4n) is 1.79. The zero-order chi connectivity index (χ0) is 14.8. The maximum atomic E-state index is 11.6. The molecule has 20 heavy (non-hydrogen) atoms. The summed E-state index contributed by atoms with van der Waals surface area (Å²) in [5, 5.41) is 31.0. The molecule has 0 amide bonds. The number of aliphatic hydroxyl groups excluding tert-OH is 3. The summed E-state index contributed by atoms with van der Waals surface area (Å²) >= 11 is 0. The molecule has 2 aromatic rings. The van der Waals surface area contributed by atoms with Crippen LogP contribution in [-0.2, 0) is 0 Å². The SMILES string of the molecule is Nc1cc2c(=O)[nH]cnc2cc1NC(CO)(CO)CO. The van der Waals surface area contributed by atoms with Crippen LogP contribution in [0.1, 0.15) is 0 Å². The van der Waals surface area contributed by atoms with Gasteiger partial charge >= 0.3 is 0 Å². The molecule has 0 atom stereocenters.